The van der Waals surface area contributed by atoms with Crippen molar-refractivity contribution in [2.75, 3.05) is 7.11 Å². The third kappa shape index (κ3) is 5.03. The van der Waals surface area contributed by atoms with Crippen LogP contribution in [0.4, 0.5) is 0 Å². The van der Waals surface area contributed by atoms with Gasteiger partial charge in [0.1, 0.15) is 18.1 Å². The molecule has 0 bridgehead atoms. The number of aryl methyl sites for hydroxylation is 2. The van der Waals surface area contributed by atoms with Gasteiger partial charge in [-0.1, -0.05) is 35.9 Å². The molecule has 3 rings (SSSR count). The van der Waals surface area contributed by atoms with Gasteiger partial charge in [-0.25, -0.2) is 0 Å². The van der Waals surface area contributed by atoms with Crippen LogP contribution < -0.4 is 9.47 Å². The zero-order valence-electron chi connectivity index (χ0n) is 16.0. The van der Waals surface area contributed by atoms with E-state index in [2.05, 4.69) is 6.07 Å². The van der Waals surface area contributed by atoms with Gasteiger partial charge in [-0.05, 0) is 66.9 Å². The van der Waals surface area contributed by atoms with Crippen LogP contribution in [-0.2, 0) is 6.61 Å². The smallest absolute Gasteiger partial charge is 0.195 e. The van der Waals surface area contributed by atoms with E-state index in [0.29, 0.717) is 15.8 Å². The van der Waals surface area contributed by atoms with Crippen LogP contribution >= 0.6 is 22.9 Å². The molecule has 3 aromatic rings. The Hall–Kier alpha value is -2.56. The number of carbonyl (C=O) groups is 1. The first-order valence-electron chi connectivity index (χ1n) is 8.81. The zero-order valence-corrected chi connectivity index (χ0v) is 17.6. The van der Waals surface area contributed by atoms with Crippen LogP contribution in [0, 0.1) is 13.8 Å². The van der Waals surface area contributed by atoms with E-state index in [4.69, 9.17) is 21.1 Å². The summed E-state index contributed by atoms with van der Waals surface area (Å²) in [6.07, 6.45) is 3.34. The summed E-state index contributed by atoms with van der Waals surface area (Å²) in [7, 11) is 1.64. The van der Waals surface area contributed by atoms with Crippen LogP contribution in [0.2, 0.25) is 4.34 Å². The third-order valence-electron chi connectivity index (χ3n) is 4.27. The molecule has 0 aliphatic heterocycles. The summed E-state index contributed by atoms with van der Waals surface area (Å²) in [5, 5.41) is 0. The van der Waals surface area contributed by atoms with Crippen molar-refractivity contribution in [1.29, 1.82) is 0 Å². The average molecular weight is 413 g/mol. The molecule has 28 heavy (non-hydrogen) atoms. The highest BCUT2D eigenvalue weighted by Gasteiger charge is 2.08. The maximum atomic E-state index is 12.2. The van der Waals surface area contributed by atoms with Crippen molar-refractivity contribution in [2.45, 2.75) is 20.5 Å². The summed E-state index contributed by atoms with van der Waals surface area (Å²) < 4.78 is 12.1. The standard InChI is InChI=1S/C23H21ClO3S/c1-15-4-5-16(2)21(12-15)27-14-18-13-17(7-9-20(18)26-3)6-8-19(25)22-10-11-23(24)28-22/h4-13H,14H2,1-3H3/b8-6+. The van der Waals surface area contributed by atoms with Crippen molar-refractivity contribution in [2.24, 2.45) is 0 Å². The predicted octanol–water partition coefficient (Wildman–Crippen LogP) is 6.50. The van der Waals surface area contributed by atoms with E-state index >= 15 is 0 Å². The Morgan fingerprint density at radius 2 is 1.89 bits per heavy atom. The van der Waals surface area contributed by atoms with Crippen molar-refractivity contribution in [3.63, 3.8) is 0 Å². The Bertz CT molecular complexity index is 1020. The third-order valence-corrected chi connectivity index (χ3v) is 5.52. The first-order chi connectivity index (χ1) is 13.5. The number of benzene rings is 2. The van der Waals surface area contributed by atoms with Crippen LogP contribution in [0.5, 0.6) is 11.5 Å². The number of halogens is 1. The van der Waals surface area contributed by atoms with Crippen LogP contribution in [0.15, 0.2) is 54.6 Å². The highest BCUT2D eigenvalue weighted by atomic mass is 35.5. The molecule has 0 spiro atoms. The maximum Gasteiger partial charge on any atom is 0.195 e. The van der Waals surface area contributed by atoms with E-state index < -0.39 is 0 Å². The number of hydrogen-bond donors (Lipinski definition) is 0. The summed E-state index contributed by atoms with van der Waals surface area (Å²) in [4.78, 5) is 12.9. The second-order valence-electron chi connectivity index (χ2n) is 6.43. The Morgan fingerprint density at radius 1 is 1.07 bits per heavy atom. The molecular formula is C23H21ClO3S. The molecule has 1 aromatic heterocycles. The van der Waals surface area contributed by atoms with Crippen LogP contribution in [0.25, 0.3) is 6.08 Å². The first kappa shape index (κ1) is 20.2. The highest BCUT2D eigenvalue weighted by Crippen LogP contribution is 2.26. The maximum absolute atomic E-state index is 12.2. The van der Waals surface area contributed by atoms with Crippen molar-refractivity contribution >= 4 is 34.8 Å². The molecule has 1 heterocycles. The molecule has 0 unspecified atom stereocenters. The van der Waals surface area contributed by atoms with Gasteiger partial charge in [-0.15, -0.1) is 11.3 Å². The highest BCUT2D eigenvalue weighted by molar-refractivity contribution is 7.18. The topological polar surface area (TPSA) is 35.5 Å². The van der Waals surface area contributed by atoms with Crippen LogP contribution in [0.1, 0.15) is 31.9 Å². The fourth-order valence-corrected chi connectivity index (χ4v) is 3.70. The largest absolute Gasteiger partial charge is 0.496 e. The van der Waals surface area contributed by atoms with Crippen molar-refractivity contribution < 1.29 is 14.3 Å². The number of ketones is 1. The van der Waals surface area contributed by atoms with Crippen LogP contribution in [0.3, 0.4) is 0 Å². The minimum atomic E-state index is -0.0686. The fraction of sp³-hybridized carbons (Fsp3) is 0.174. The van der Waals surface area contributed by atoms with E-state index in [-0.39, 0.29) is 5.78 Å². The molecule has 0 saturated heterocycles. The number of ether oxygens (including phenoxy) is 2. The molecule has 144 valence electrons. The molecule has 0 radical (unpaired) electrons. The van der Waals surface area contributed by atoms with Crippen molar-refractivity contribution in [1.82, 2.24) is 0 Å². The molecule has 5 heteroatoms. The van der Waals surface area contributed by atoms with Crippen LogP contribution in [-0.4, -0.2) is 12.9 Å². The molecule has 0 atom stereocenters. The lowest BCUT2D eigenvalue weighted by Crippen LogP contribution is -2.00. The average Bonchev–Trinajstić information content (AvgIpc) is 3.13. The van der Waals surface area contributed by atoms with Gasteiger partial charge >= 0.3 is 0 Å². The van der Waals surface area contributed by atoms with Gasteiger partial charge in [-0.2, -0.15) is 0 Å². The molecule has 0 N–H and O–H groups in total. The molecule has 0 fully saturated rings. The number of rotatable bonds is 7. The second kappa shape index (κ2) is 9.09. The monoisotopic (exact) mass is 412 g/mol. The van der Waals surface area contributed by atoms with Gasteiger partial charge in [0.05, 0.1) is 16.3 Å². The summed E-state index contributed by atoms with van der Waals surface area (Å²) >= 11 is 7.17. The molecule has 0 saturated carbocycles. The van der Waals surface area contributed by atoms with E-state index in [0.717, 1.165) is 33.8 Å². The van der Waals surface area contributed by atoms with E-state index in [9.17, 15) is 4.79 Å². The lowest BCUT2D eigenvalue weighted by Gasteiger charge is -2.13. The normalized spacial score (nSPS) is 11.0. The zero-order chi connectivity index (χ0) is 20.1. The predicted molar refractivity (Wildman–Crippen MR) is 116 cm³/mol. The fourth-order valence-electron chi connectivity index (χ4n) is 2.73. The number of methoxy groups -OCH3 is 1. The summed E-state index contributed by atoms with van der Waals surface area (Å²) in [6.45, 7) is 4.44. The van der Waals surface area contributed by atoms with Gasteiger partial charge < -0.3 is 9.47 Å². The molecule has 3 nitrogen and oxygen atoms in total. The lowest BCUT2D eigenvalue weighted by molar-refractivity contribution is 0.105. The SMILES string of the molecule is COc1ccc(/C=C/C(=O)c2ccc(Cl)s2)cc1COc1cc(C)ccc1C. The Labute approximate surface area is 174 Å². The molecule has 0 aliphatic rings. The Kier molecular flexibility index (Phi) is 6.55. The van der Waals surface area contributed by atoms with Crippen molar-refractivity contribution in [3.05, 3.63) is 86.1 Å². The minimum absolute atomic E-state index is 0.0686. The van der Waals surface area contributed by atoms with Gasteiger partial charge in [0.15, 0.2) is 5.78 Å². The van der Waals surface area contributed by atoms with Gasteiger partial charge in [0, 0.05) is 5.56 Å². The Morgan fingerprint density at radius 3 is 2.61 bits per heavy atom. The Balaban J connectivity index is 1.77. The molecule has 2 aromatic carbocycles. The molecule has 0 aliphatic carbocycles. The van der Waals surface area contributed by atoms with E-state index in [1.165, 1.54) is 11.3 Å². The van der Waals surface area contributed by atoms with Crippen molar-refractivity contribution in [3.8, 4) is 11.5 Å². The quantitative estimate of drug-likeness (QED) is 0.328. The van der Waals surface area contributed by atoms with Gasteiger partial charge in [0.25, 0.3) is 0 Å². The van der Waals surface area contributed by atoms with E-state index in [1.807, 2.05) is 44.2 Å². The lowest BCUT2D eigenvalue weighted by atomic mass is 10.1. The van der Waals surface area contributed by atoms with E-state index in [1.54, 1.807) is 31.4 Å². The number of thiophene rings is 1. The number of allylic oxidation sites excluding steroid dienone is 1. The van der Waals surface area contributed by atoms with Gasteiger partial charge in [0.2, 0.25) is 0 Å². The first-order valence-corrected chi connectivity index (χ1v) is 10.0. The summed E-state index contributed by atoms with van der Waals surface area (Å²) in [5.74, 6) is 1.53. The number of hydrogen-bond acceptors (Lipinski definition) is 4. The molecular weight excluding hydrogens is 392 g/mol. The summed E-state index contributed by atoms with van der Waals surface area (Å²) in [6, 6.07) is 15.3. The minimum Gasteiger partial charge on any atom is -0.496 e. The second-order valence-corrected chi connectivity index (χ2v) is 8.15. The van der Waals surface area contributed by atoms with Gasteiger partial charge in [-0.3, -0.25) is 4.79 Å². The summed E-state index contributed by atoms with van der Waals surface area (Å²) in [5.41, 5.74) is 4.05. The number of carbonyl (C=O) groups excluding carboxylic acids is 1. The molecule has 0 amide bonds.